The average molecular weight is 223 g/mol. The first-order chi connectivity index (χ1) is 7.33. The molecule has 2 nitrogen and oxygen atoms in total. The zero-order chi connectivity index (χ0) is 10.7. The van der Waals surface area contributed by atoms with Gasteiger partial charge in [-0.25, -0.2) is 4.39 Å². The van der Waals surface area contributed by atoms with E-state index < -0.39 is 0 Å². The second-order valence-electron chi connectivity index (χ2n) is 3.02. The summed E-state index contributed by atoms with van der Waals surface area (Å²) in [5, 5.41) is 7.59. The Morgan fingerprint density at radius 1 is 1.20 bits per heavy atom. The summed E-state index contributed by atoms with van der Waals surface area (Å²) in [5.41, 5.74) is 1.66. The molecule has 0 radical (unpaired) electrons. The van der Waals surface area contributed by atoms with E-state index in [2.05, 4.69) is 10.2 Å². The summed E-state index contributed by atoms with van der Waals surface area (Å²) < 4.78 is 13.6. The van der Waals surface area contributed by atoms with Crippen molar-refractivity contribution in [2.24, 2.45) is 0 Å². The number of hydrogen-bond donors (Lipinski definition) is 0. The van der Waals surface area contributed by atoms with Crippen molar-refractivity contribution in [3.8, 4) is 11.3 Å². The molecule has 0 aliphatic rings. The molecule has 0 fully saturated rings. The molecule has 0 saturated heterocycles. The van der Waals surface area contributed by atoms with Crippen molar-refractivity contribution in [1.82, 2.24) is 10.2 Å². The summed E-state index contributed by atoms with van der Waals surface area (Å²) >= 11 is 5.74. The van der Waals surface area contributed by atoms with Crippen LogP contribution in [0.2, 0.25) is 0 Å². The van der Waals surface area contributed by atoms with Crippen molar-refractivity contribution < 1.29 is 4.39 Å². The topological polar surface area (TPSA) is 25.8 Å². The Hall–Kier alpha value is -1.48. The van der Waals surface area contributed by atoms with Gasteiger partial charge in [0.1, 0.15) is 5.82 Å². The van der Waals surface area contributed by atoms with Crippen molar-refractivity contribution in [2.45, 2.75) is 5.88 Å². The Bertz CT molecular complexity index is 459. The van der Waals surface area contributed by atoms with Crippen LogP contribution >= 0.6 is 11.6 Å². The van der Waals surface area contributed by atoms with Gasteiger partial charge in [0.05, 0.1) is 5.69 Å². The summed E-state index contributed by atoms with van der Waals surface area (Å²) in [5.74, 6) is -0.0717. The Morgan fingerprint density at radius 2 is 2.07 bits per heavy atom. The predicted molar refractivity (Wildman–Crippen MR) is 57.0 cm³/mol. The second-order valence-corrected chi connectivity index (χ2v) is 3.28. The molecule has 15 heavy (non-hydrogen) atoms. The van der Waals surface area contributed by atoms with E-state index in [1.807, 2.05) is 0 Å². The largest absolute Gasteiger partial charge is 0.206 e. The van der Waals surface area contributed by atoms with Gasteiger partial charge in [0.25, 0.3) is 0 Å². The second kappa shape index (κ2) is 4.36. The van der Waals surface area contributed by atoms with Gasteiger partial charge in [-0.3, -0.25) is 0 Å². The number of aromatic nitrogens is 2. The molecule has 0 unspecified atom stereocenters. The zero-order valence-electron chi connectivity index (χ0n) is 7.82. The molecule has 4 heteroatoms. The molecule has 2 rings (SSSR count). The number of nitrogens with zero attached hydrogens (tertiary/aromatic N) is 2. The van der Waals surface area contributed by atoms with E-state index >= 15 is 0 Å². The number of rotatable bonds is 2. The van der Waals surface area contributed by atoms with Crippen LogP contribution in [0.3, 0.4) is 0 Å². The Balaban J connectivity index is 2.61. The van der Waals surface area contributed by atoms with E-state index in [0.29, 0.717) is 11.3 Å². The number of hydrogen-bond acceptors (Lipinski definition) is 2. The lowest BCUT2D eigenvalue weighted by molar-refractivity contribution is 0.629. The van der Waals surface area contributed by atoms with E-state index in [1.54, 1.807) is 30.5 Å². The van der Waals surface area contributed by atoms with Gasteiger partial charge in [-0.15, -0.1) is 11.6 Å². The summed E-state index contributed by atoms with van der Waals surface area (Å²) in [7, 11) is 0. The predicted octanol–water partition coefficient (Wildman–Crippen LogP) is 3.02. The molecule has 76 valence electrons. The molecule has 0 amide bonds. The van der Waals surface area contributed by atoms with E-state index in [0.717, 1.165) is 5.56 Å². The molecule has 1 aromatic carbocycles. The van der Waals surface area contributed by atoms with E-state index in [9.17, 15) is 4.39 Å². The molecule has 0 bridgehead atoms. The Kier molecular flexibility index (Phi) is 2.92. The number of benzene rings is 1. The van der Waals surface area contributed by atoms with Gasteiger partial charge in [0.2, 0.25) is 0 Å². The quantitative estimate of drug-likeness (QED) is 0.730. The fourth-order valence-electron chi connectivity index (χ4n) is 1.40. The minimum Gasteiger partial charge on any atom is -0.206 e. The van der Waals surface area contributed by atoms with Crippen LogP contribution < -0.4 is 0 Å². The van der Waals surface area contributed by atoms with Crippen molar-refractivity contribution in [1.29, 1.82) is 0 Å². The van der Waals surface area contributed by atoms with Crippen LogP contribution in [0.4, 0.5) is 4.39 Å². The van der Waals surface area contributed by atoms with Crippen LogP contribution in [0, 0.1) is 5.82 Å². The molecule has 0 aliphatic heterocycles. The zero-order valence-corrected chi connectivity index (χ0v) is 8.58. The summed E-state index contributed by atoms with van der Waals surface area (Å²) in [6, 6.07) is 8.22. The minimum atomic E-state index is -0.325. The normalized spacial score (nSPS) is 10.3. The fraction of sp³-hybridized carbons (Fsp3) is 0.0909. The lowest BCUT2D eigenvalue weighted by Crippen LogP contribution is -1.94. The van der Waals surface area contributed by atoms with E-state index in [-0.39, 0.29) is 11.7 Å². The van der Waals surface area contributed by atoms with Crippen LogP contribution in [0.1, 0.15) is 5.56 Å². The smallest absolute Gasteiger partial charge is 0.132 e. The van der Waals surface area contributed by atoms with E-state index in [1.165, 1.54) is 6.07 Å². The third-order valence-corrected chi connectivity index (χ3v) is 2.36. The molecular weight excluding hydrogens is 215 g/mol. The highest BCUT2D eigenvalue weighted by Gasteiger charge is 2.10. The van der Waals surface area contributed by atoms with Gasteiger partial charge in [0.15, 0.2) is 0 Å². The highest BCUT2D eigenvalue weighted by atomic mass is 35.5. The minimum absolute atomic E-state index is 0.254. The molecule has 2 aromatic rings. The van der Waals surface area contributed by atoms with Gasteiger partial charge >= 0.3 is 0 Å². The maximum Gasteiger partial charge on any atom is 0.132 e. The molecule has 1 aromatic heterocycles. The Morgan fingerprint density at radius 3 is 2.73 bits per heavy atom. The maximum absolute atomic E-state index is 13.6. The van der Waals surface area contributed by atoms with Gasteiger partial charge < -0.3 is 0 Å². The average Bonchev–Trinajstić information content (AvgIpc) is 2.29. The molecule has 1 heterocycles. The van der Waals surface area contributed by atoms with Crippen LogP contribution in [-0.2, 0) is 5.88 Å². The standard InChI is InChI=1S/C11H8ClFN2/c12-7-8-3-1-4-9(13)11(8)10-5-2-6-14-15-10/h1-6H,7H2. The van der Waals surface area contributed by atoms with Gasteiger partial charge in [-0.1, -0.05) is 12.1 Å². The van der Waals surface area contributed by atoms with Crippen LogP contribution in [-0.4, -0.2) is 10.2 Å². The number of halogens is 2. The molecular formula is C11H8ClFN2. The SMILES string of the molecule is Fc1cccc(CCl)c1-c1cccnn1. The molecule has 0 N–H and O–H groups in total. The lowest BCUT2D eigenvalue weighted by atomic mass is 10.1. The van der Waals surface area contributed by atoms with Gasteiger partial charge in [0, 0.05) is 17.6 Å². The first kappa shape index (κ1) is 10.1. The first-order valence-corrected chi connectivity index (χ1v) is 4.98. The highest BCUT2D eigenvalue weighted by Crippen LogP contribution is 2.25. The van der Waals surface area contributed by atoms with Gasteiger partial charge in [-0.05, 0) is 23.8 Å². The van der Waals surface area contributed by atoms with Crippen molar-refractivity contribution in [2.75, 3.05) is 0 Å². The maximum atomic E-state index is 13.6. The summed E-state index contributed by atoms with van der Waals surface area (Å²) in [6.07, 6.45) is 1.55. The van der Waals surface area contributed by atoms with Crippen LogP contribution in [0.5, 0.6) is 0 Å². The highest BCUT2D eigenvalue weighted by molar-refractivity contribution is 6.17. The third-order valence-electron chi connectivity index (χ3n) is 2.07. The fourth-order valence-corrected chi connectivity index (χ4v) is 1.62. The number of alkyl halides is 1. The lowest BCUT2D eigenvalue weighted by Gasteiger charge is -2.06. The summed E-state index contributed by atoms with van der Waals surface area (Å²) in [6.45, 7) is 0. The Labute approximate surface area is 91.7 Å². The first-order valence-electron chi connectivity index (χ1n) is 4.44. The summed E-state index contributed by atoms with van der Waals surface area (Å²) in [4.78, 5) is 0. The molecule has 0 saturated carbocycles. The van der Waals surface area contributed by atoms with Crippen LogP contribution in [0.15, 0.2) is 36.5 Å². The van der Waals surface area contributed by atoms with Crippen LogP contribution in [0.25, 0.3) is 11.3 Å². The van der Waals surface area contributed by atoms with Crippen molar-refractivity contribution in [3.63, 3.8) is 0 Å². The van der Waals surface area contributed by atoms with Gasteiger partial charge in [-0.2, -0.15) is 10.2 Å². The third kappa shape index (κ3) is 1.97. The van der Waals surface area contributed by atoms with Crippen molar-refractivity contribution >= 4 is 11.6 Å². The molecule has 0 aliphatic carbocycles. The van der Waals surface area contributed by atoms with Crippen molar-refractivity contribution in [3.05, 3.63) is 47.9 Å². The van der Waals surface area contributed by atoms with E-state index in [4.69, 9.17) is 11.6 Å². The molecule has 0 atom stereocenters. The molecule has 0 spiro atoms. The monoisotopic (exact) mass is 222 g/mol.